The molecule has 0 N–H and O–H groups in total. The van der Waals surface area contributed by atoms with Crippen molar-refractivity contribution in [3.63, 3.8) is 0 Å². The molecule has 5 heteroatoms. The van der Waals surface area contributed by atoms with E-state index >= 15 is 0 Å². The van der Waals surface area contributed by atoms with Crippen molar-refractivity contribution in [1.82, 2.24) is 0 Å². The van der Waals surface area contributed by atoms with Gasteiger partial charge in [0.1, 0.15) is 0 Å². The highest BCUT2D eigenvalue weighted by Gasteiger charge is 2.30. The third-order valence-corrected chi connectivity index (χ3v) is 2.96. The summed E-state index contributed by atoms with van der Waals surface area (Å²) in [6.07, 6.45) is 5.82. The van der Waals surface area contributed by atoms with Crippen molar-refractivity contribution in [1.29, 1.82) is 0 Å². The lowest BCUT2D eigenvalue weighted by Crippen LogP contribution is -2.25. The number of rotatable bonds is 3. The van der Waals surface area contributed by atoms with E-state index in [4.69, 9.17) is 12.0 Å². The monoisotopic (exact) mass is 240 g/mol. The second-order valence-electron chi connectivity index (χ2n) is 4.15. The number of amides is 1. The first-order valence-electron chi connectivity index (χ1n) is 5.63. The zero-order valence-corrected chi connectivity index (χ0v) is 9.78. The van der Waals surface area contributed by atoms with E-state index in [2.05, 4.69) is 15.9 Å². The third-order valence-electron chi connectivity index (χ3n) is 2.96. The van der Waals surface area contributed by atoms with Crippen LogP contribution in [0.5, 0.6) is 0 Å². The Bertz CT molecular complexity index is 554. The molecule has 1 heterocycles. The number of carbonyl (C=O) groups excluding carboxylic acids is 1. The lowest BCUT2D eigenvalue weighted by atomic mass is 10.1. The second kappa shape index (κ2) is 5.26. The van der Waals surface area contributed by atoms with E-state index in [-0.39, 0.29) is 11.8 Å². The molecule has 0 saturated carbocycles. The first kappa shape index (κ1) is 12.0. The molecule has 1 aromatic rings. The number of hydrogen-bond acceptors (Lipinski definition) is 2. The Morgan fingerprint density at radius 3 is 3.06 bits per heavy atom. The van der Waals surface area contributed by atoms with Crippen molar-refractivity contribution >= 4 is 11.6 Å². The molecule has 1 atom stereocenters. The molecule has 0 spiro atoms. The maximum Gasteiger partial charge on any atom is 0.227 e. The predicted octanol–water partition coefficient (Wildman–Crippen LogP) is 2.33. The molecule has 0 radical (unpaired) electrons. The number of hydrogen-bond donors (Lipinski definition) is 0. The smallest absolute Gasteiger partial charge is 0.227 e. The lowest BCUT2D eigenvalue weighted by molar-refractivity contribution is -0.117. The lowest BCUT2D eigenvalue weighted by Gasteiger charge is -2.18. The fraction of sp³-hybridized carbons (Fsp3) is 0.308. The number of carbonyl (C=O) groups is 1. The summed E-state index contributed by atoms with van der Waals surface area (Å²) < 4.78 is 0. The summed E-state index contributed by atoms with van der Waals surface area (Å²) in [5.41, 5.74) is 9.75. The predicted molar refractivity (Wildman–Crippen MR) is 68.9 cm³/mol. The van der Waals surface area contributed by atoms with Crippen LogP contribution in [-0.4, -0.2) is 19.0 Å². The SMILES string of the molecule is C#Cc1ccccc1N1CC(CN=[N+]=[N-])CC1=O. The summed E-state index contributed by atoms with van der Waals surface area (Å²) in [5, 5.41) is 3.52. The minimum atomic E-state index is 0.0239. The summed E-state index contributed by atoms with van der Waals surface area (Å²) in [4.78, 5) is 16.3. The van der Waals surface area contributed by atoms with Crippen molar-refractivity contribution in [2.75, 3.05) is 18.0 Å². The molecule has 1 aliphatic rings. The van der Waals surface area contributed by atoms with Gasteiger partial charge in [-0.1, -0.05) is 23.2 Å². The topological polar surface area (TPSA) is 69.1 Å². The van der Waals surface area contributed by atoms with Gasteiger partial charge in [-0.2, -0.15) is 0 Å². The van der Waals surface area contributed by atoms with Crippen LogP contribution in [0.2, 0.25) is 0 Å². The van der Waals surface area contributed by atoms with Crippen molar-refractivity contribution in [3.05, 3.63) is 40.3 Å². The van der Waals surface area contributed by atoms with Gasteiger partial charge >= 0.3 is 0 Å². The highest BCUT2D eigenvalue weighted by atomic mass is 16.2. The Hall–Kier alpha value is -2.44. The summed E-state index contributed by atoms with van der Waals surface area (Å²) >= 11 is 0. The standard InChI is InChI=1S/C13H12N4O/c1-2-11-5-3-4-6-12(11)17-9-10(7-13(17)18)8-15-16-14/h1,3-6,10H,7-9H2. The molecular formula is C13H12N4O. The Morgan fingerprint density at radius 2 is 2.33 bits per heavy atom. The summed E-state index contributed by atoms with van der Waals surface area (Å²) in [6, 6.07) is 7.34. The fourth-order valence-corrected chi connectivity index (χ4v) is 2.12. The molecule has 5 nitrogen and oxygen atoms in total. The number of benzene rings is 1. The van der Waals surface area contributed by atoms with Gasteiger partial charge in [-0.25, -0.2) is 0 Å². The average molecular weight is 240 g/mol. The molecule has 1 aromatic carbocycles. The molecule has 1 fully saturated rings. The van der Waals surface area contributed by atoms with E-state index in [9.17, 15) is 4.79 Å². The molecule has 0 aliphatic carbocycles. The molecule has 0 bridgehead atoms. The van der Waals surface area contributed by atoms with E-state index in [0.717, 1.165) is 5.69 Å². The van der Waals surface area contributed by atoms with Crippen LogP contribution in [0.15, 0.2) is 29.4 Å². The number of azide groups is 1. The number of terminal acetylenes is 1. The first-order chi connectivity index (χ1) is 8.76. The van der Waals surface area contributed by atoms with Gasteiger partial charge < -0.3 is 4.90 Å². The third kappa shape index (κ3) is 2.29. The van der Waals surface area contributed by atoms with Crippen LogP contribution in [0.1, 0.15) is 12.0 Å². The molecule has 1 unspecified atom stereocenters. The van der Waals surface area contributed by atoms with E-state index in [1.165, 1.54) is 0 Å². The van der Waals surface area contributed by atoms with E-state index < -0.39 is 0 Å². The van der Waals surface area contributed by atoms with Crippen molar-refractivity contribution in [2.45, 2.75) is 6.42 Å². The van der Waals surface area contributed by atoms with Gasteiger partial charge in [0.25, 0.3) is 0 Å². The van der Waals surface area contributed by atoms with E-state index in [0.29, 0.717) is 25.1 Å². The highest BCUT2D eigenvalue weighted by molar-refractivity contribution is 5.97. The summed E-state index contributed by atoms with van der Waals surface area (Å²) in [5.74, 6) is 2.67. The number of anilines is 1. The van der Waals surface area contributed by atoms with Crippen molar-refractivity contribution in [3.8, 4) is 12.3 Å². The molecular weight excluding hydrogens is 228 g/mol. The van der Waals surface area contributed by atoms with Gasteiger partial charge in [0, 0.05) is 30.0 Å². The van der Waals surface area contributed by atoms with E-state index in [1.807, 2.05) is 24.3 Å². The van der Waals surface area contributed by atoms with Crippen LogP contribution >= 0.6 is 0 Å². The van der Waals surface area contributed by atoms with Crippen LogP contribution in [-0.2, 0) is 4.79 Å². The van der Waals surface area contributed by atoms with Crippen molar-refractivity contribution in [2.24, 2.45) is 11.0 Å². The summed E-state index contributed by atoms with van der Waals surface area (Å²) in [7, 11) is 0. The fourth-order valence-electron chi connectivity index (χ4n) is 2.12. The average Bonchev–Trinajstić information content (AvgIpc) is 2.77. The van der Waals surface area contributed by atoms with Crippen LogP contribution in [0.4, 0.5) is 5.69 Å². The number of nitrogens with zero attached hydrogens (tertiary/aromatic N) is 4. The zero-order valence-electron chi connectivity index (χ0n) is 9.78. The summed E-state index contributed by atoms with van der Waals surface area (Å²) in [6.45, 7) is 0.896. The van der Waals surface area contributed by atoms with Gasteiger partial charge in [-0.15, -0.1) is 6.42 Å². The van der Waals surface area contributed by atoms with Crippen LogP contribution in [0.3, 0.4) is 0 Å². The molecule has 2 rings (SSSR count). The minimum Gasteiger partial charge on any atom is -0.311 e. The highest BCUT2D eigenvalue weighted by Crippen LogP contribution is 2.27. The van der Waals surface area contributed by atoms with Gasteiger partial charge in [0.2, 0.25) is 5.91 Å². The van der Waals surface area contributed by atoms with Crippen LogP contribution in [0.25, 0.3) is 10.4 Å². The molecule has 1 amide bonds. The normalized spacial score (nSPS) is 18.3. The van der Waals surface area contributed by atoms with Gasteiger partial charge in [-0.05, 0) is 23.6 Å². The molecule has 18 heavy (non-hydrogen) atoms. The molecule has 90 valence electrons. The largest absolute Gasteiger partial charge is 0.311 e. The van der Waals surface area contributed by atoms with Crippen LogP contribution in [0, 0.1) is 18.3 Å². The Kier molecular flexibility index (Phi) is 3.52. The minimum absolute atomic E-state index is 0.0239. The Morgan fingerprint density at radius 1 is 1.56 bits per heavy atom. The first-order valence-corrected chi connectivity index (χ1v) is 5.63. The van der Waals surface area contributed by atoms with Gasteiger partial charge in [-0.3, -0.25) is 4.79 Å². The number of para-hydroxylation sites is 1. The van der Waals surface area contributed by atoms with Crippen molar-refractivity contribution < 1.29 is 4.79 Å². The maximum atomic E-state index is 11.9. The van der Waals surface area contributed by atoms with Crippen LogP contribution < -0.4 is 4.90 Å². The molecule has 1 aliphatic heterocycles. The van der Waals surface area contributed by atoms with Gasteiger partial charge in [0.15, 0.2) is 0 Å². The second-order valence-corrected chi connectivity index (χ2v) is 4.15. The van der Waals surface area contributed by atoms with E-state index in [1.54, 1.807) is 4.90 Å². The Balaban J connectivity index is 2.22. The molecule has 1 saturated heterocycles. The maximum absolute atomic E-state index is 11.9. The zero-order chi connectivity index (χ0) is 13.0. The quantitative estimate of drug-likeness (QED) is 0.346. The van der Waals surface area contributed by atoms with Gasteiger partial charge in [0.05, 0.1) is 5.69 Å². The Labute approximate surface area is 105 Å². The molecule has 0 aromatic heterocycles.